The van der Waals surface area contributed by atoms with Crippen molar-refractivity contribution in [3.8, 4) is 11.5 Å². The third-order valence-electron chi connectivity index (χ3n) is 11.9. The standard InChI is InChI=1S/C43H65N3O8/c1-5-23-46(39(49)22-19-30-15-9-10-16-30)38-29-36(45-52-8-4)34-27-31(17-11-13-24-47)33(18-12-14-25-48)40-35-28-32(53-42(50)44-7-3)20-21-37(35)54-43(38,41(34)40)51-26-6-2/h6,20-21,27-28,30-31,33,38,40-41,47-48H,2,5,7-19,22-26,29H2,1,3-4H3,(H,44,50). The fraction of sp³-hybridized carbons (Fsp3) is 0.698. The number of benzene rings is 1. The molecule has 11 heteroatoms. The second-order valence-electron chi connectivity index (χ2n) is 15.4. The van der Waals surface area contributed by atoms with E-state index in [1.807, 2.05) is 30.9 Å². The molecule has 3 N–H and O–H groups in total. The van der Waals surface area contributed by atoms with Gasteiger partial charge in [0, 0.05) is 50.6 Å². The van der Waals surface area contributed by atoms with E-state index in [1.54, 1.807) is 12.1 Å². The number of hydrogen-bond donors (Lipinski definition) is 3. The lowest BCUT2D eigenvalue weighted by molar-refractivity contribution is -0.257. The third kappa shape index (κ3) is 9.51. The van der Waals surface area contributed by atoms with Gasteiger partial charge < -0.3 is 39.5 Å². The molecule has 2 saturated carbocycles. The van der Waals surface area contributed by atoms with E-state index in [1.165, 1.54) is 25.7 Å². The first-order valence-electron chi connectivity index (χ1n) is 20.8. The molecule has 6 unspecified atom stereocenters. The first kappa shape index (κ1) is 41.7. The summed E-state index contributed by atoms with van der Waals surface area (Å²) in [4.78, 5) is 35.0. The fourth-order valence-electron chi connectivity index (χ4n) is 9.61. The summed E-state index contributed by atoms with van der Waals surface area (Å²) in [6.07, 6.45) is 15.6. The molecule has 2 fully saturated rings. The molecule has 2 amide bonds. The number of nitrogens with one attached hydrogen (secondary N) is 1. The van der Waals surface area contributed by atoms with Crippen molar-refractivity contribution in [2.24, 2.45) is 28.8 Å². The molecule has 1 aliphatic heterocycles. The summed E-state index contributed by atoms with van der Waals surface area (Å²) < 4.78 is 20.1. The summed E-state index contributed by atoms with van der Waals surface area (Å²) in [6, 6.07) is 5.04. The Labute approximate surface area is 322 Å². The SMILES string of the molecule is C=CCOC12Oc3ccc(OC(=O)NCC)cc3C3C(CCCCO)C(CCCCO)C=C(C(=NOCC)CC1N(CCC)C(=O)CCC1CCCC1)C32. The Kier molecular flexibility index (Phi) is 15.8. The van der Waals surface area contributed by atoms with Crippen molar-refractivity contribution in [2.45, 2.75) is 128 Å². The van der Waals surface area contributed by atoms with Crippen molar-refractivity contribution >= 4 is 17.7 Å². The lowest BCUT2D eigenvalue weighted by Crippen LogP contribution is -2.70. The number of allylic oxidation sites excluding steroid dienone is 1. The van der Waals surface area contributed by atoms with Crippen molar-refractivity contribution in [2.75, 3.05) is 39.5 Å². The first-order chi connectivity index (χ1) is 26.3. The molecule has 300 valence electrons. The largest absolute Gasteiger partial charge is 0.459 e. The molecule has 0 spiro atoms. The molecule has 1 heterocycles. The summed E-state index contributed by atoms with van der Waals surface area (Å²) in [6.45, 7) is 11.7. The van der Waals surface area contributed by atoms with E-state index >= 15 is 0 Å². The number of fused-ring (bicyclic) bond motifs is 2. The van der Waals surface area contributed by atoms with Crippen molar-refractivity contribution in [3.63, 3.8) is 0 Å². The number of aliphatic hydroxyl groups is 2. The number of aliphatic hydroxyl groups excluding tert-OH is 2. The number of amides is 2. The molecule has 0 radical (unpaired) electrons. The summed E-state index contributed by atoms with van der Waals surface area (Å²) >= 11 is 0. The zero-order chi connectivity index (χ0) is 38.5. The topological polar surface area (TPSA) is 139 Å². The quantitative estimate of drug-likeness (QED) is 0.0662. The van der Waals surface area contributed by atoms with Gasteiger partial charge in [0.2, 0.25) is 11.7 Å². The lowest BCUT2D eigenvalue weighted by Gasteiger charge is -2.60. The van der Waals surface area contributed by atoms with Crippen molar-refractivity contribution < 1.29 is 38.9 Å². The van der Waals surface area contributed by atoms with Crippen LogP contribution in [0.2, 0.25) is 0 Å². The van der Waals surface area contributed by atoms with Crippen LogP contribution in [-0.2, 0) is 14.4 Å². The van der Waals surface area contributed by atoms with Crippen LogP contribution in [0.15, 0.2) is 47.7 Å². The van der Waals surface area contributed by atoms with E-state index in [0.29, 0.717) is 62.8 Å². The van der Waals surface area contributed by atoms with Crippen molar-refractivity contribution in [1.82, 2.24) is 10.2 Å². The van der Waals surface area contributed by atoms with Gasteiger partial charge in [0.25, 0.3) is 0 Å². The maximum absolute atomic E-state index is 14.5. The molecule has 6 atom stereocenters. The minimum absolute atomic E-state index is 0.0860. The van der Waals surface area contributed by atoms with Crippen molar-refractivity contribution in [1.29, 1.82) is 0 Å². The number of nitrogens with zero attached hydrogens (tertiary/aromatic N) is 2. The molecule has 5 rings (SSSR count). The predicted molar refractivity (Wildman–Crippen MR) is 209 cm³/mol. The second kappa shape index (κ2) is 20.5. The summed E-state index contributed by atoms with van der Waals surface area (Å²) in [5, 5.41) is 27.1. The smallest absolute Gasteiger partial charge is 0.412 e. The van der Waals surface area contributed by atoms with Gasteiger partial charge >= 0.3 is 6.09 Å². The van der Waals surface area contributed by atoms with Gasteiger partial charge in [-0.25, -0.2) is 4.79 Å². The number of oxime groups is 1. The van der Waals surface area contributed by atoms with Crippen LogP contribution >= 0.6 is 0 Å². The Balaban J connectivity index is 1.72. The van der Waals surface area contributed by atoms with E-state index in [2.05, 4.69) is 24.9 Å². The molecule has 0 aromatic heterocycles. The second-order valence-corrected chi connectivity index (χ2v) is 15.4. The summed E-state index contributed by atoms with van der Waals surface area (Å²) in [5.74, 6) is 0.0814. The number of rotatable bonds is 21. The zero-order valence-electron chi connectivity index (χ0n) is 32.9. The van der Waals surface area contributed by atoms with Gasteiger partial charge in [0.15, 0.2) is 0 Å². The monoisotopic (exact) mass is 751 g/mol. The van der Waals surface area contributed by atoms with E-state index in [4.69, 9.17) is 24.2 Å². The maximum Gasteiger partial charge on any atom is 0.412 e. The maximum atomic E-state index is 14.5. The van der Waals surface area contributed by atoms with Gasteiger partial charge in [-0.05, 0) is 93.9 Å². The van der Waals surface area contributed by atoms with Crippen LogP contribution in [0.1, 0.15) is 122 Å². The number of ether oxygens (including phenoxy) is 3. The molecule has 0 bridgehead atoms. The van der Waals surface area contributed by atoms with E-state index in [0.717, 1.165) is 55.4 Å². The Bertz CT molecular complexity index is 1460. The average molecular weight is 752 g/mol. The van der Waals surface area contributed by atoms with Crippen LogP contribution in [0, 0.1) is 23.7 Å². The number of hydrogen-bond acceptors (Lipinski definition) is 9. The molecular weight excluding hydrogens is 686 g/mol. The minimum atomic E-state index is -1.28. The van der Waals surface area contributed by atoms with Gasteiger partial charge in [-0.2, -0.15) is 0 Å². The normalized spacial score (nSPS) is 26.6. The first-order valence-corrected chi connectivity index (χ1v) is 20.8. The number of carbonyl (C=O) groups excluding carboxylic acids is 2. The molecule has 4 aliphatic rings. The lowest BCUT2D eigenvalue weighted by atomic mass is 9.55. The van der Waals surface area contributed by atoms with Gasteiger partial charge in [-0.1, -0.05) is 62.8 Å². The van der Waals surface area contributed by atoms with Gasteiger partial charge in [-0.3, -0.25) is 4.79 Å². The molecular formula is C43H65N3O8. The highest BCUT2D eigenvalue weighted by atomic mass is 16.7. The predicted octanol–water partition coefficient (Wildman–Crippen LogP) is 7.66. The average Bonchev–Trinajstić information content (AvgIpc) is 3.70. The van der Waals surface area contributed by atoms with E-state index in [-0.39, 0.29) is 43.5 Å². The number of carbonyl (C=O) groups is 2. The molecule has 1 aromatic carbocycles. The van der Waals surface area contributed by atoms with Gasteiger partial charge in [0.05, 0.1) is 18.2 Å². The molecule has 1 aromatic rings. The van der Waals surface area contributed by atoms with Gasteiger partial charge in [0.1, 0.15) is 24.1 Å². The summed E-state index contributed by atoms with van der Waals surface area (Å²) in [7, 11) is 0. The molecule has 0 saturated heterocycles. The third-order valence-corrected chi connectivity index (χ3v) is 11.9. The van der Waals surface area contributed by atoms with Crippen LogP contribution in [0.4, 0.5) is 4.79 Å². The zero-order valence-corrected chi connectivity index (χ0v) is 32.9. The van der Waals surface area contributed by atoms with Gasteiger partial charge in [-0.15, -0.1) is 6.58 Å². The summed E-state index contributed by atoms with van der Waals surface area (Å²) in [5.41, 5.74) is 2.70. The van der Waals surface area contributed by atoms with Crippen molar-refractivity contribution in [3.05, 3.63) is 48.1 Å². The fourth-order valence-corrected chi connectivity index (χ4v) is 9.61. The molecule has 11 nitrogen and oxygen atoms in total. The van der Waals surface area contributed by atoms with Crippen LogP contribution in [0.5, 0.6) is 11.5 Å². The van der Waals surface area contributed by atoms with Crippen LogP contribution in [0.3, 0.4) is 0 Å². The van der Waals surface area contributed by atoms with Crippen LogP contribution < -0.4 is 14.8 Å². The van der Waals surface area contributed by atoms with Crippen LogP contribution in [0.25, 0.3) is 0 Å². The van der Waals surface area contributed by atoms with E-state index in [9.17, 15) is 19.8 Å². The highest BCUT2D eigenvalue weighted by Crippen LogP contribution is 2.62. The Morgan fingerprint density at radius 2 is 1.83 bits per heavy atom. The Morgan fingerprint density at radius 3 is 2.52 bits per heavy atom. The highest BCUT2D eigenvalue weighted by molar-refractivity contribution is 6.03. The van der Waals surface area contributed by atoms with Crippen LogP contribution in [-0.4, -0.2) is 84.2 Å². The Hall–Kier alpha value is -3.41. The minimum Gasteiger partial charge on any atom is -0.459 e. The Morgan fingerprint density at radius 1 is 1.07 bits per heavy atom. The highest BCUT2D eigenvalue weighted by Gasteiger charge is 2.65. The molecule has 54 heavy (non-hydrogen) atoms. The number of unbranched alkanes of at least 4 members (excludes halogenated alkanes) is 2. The molecule has 3 aliphatic carbocycles. The van der Waals surface area contributed by atoms with E-state index < -0.39 is 23.8 Å².